The first-order valence-electron chi connectivity index (χ1n) is 5.32. The minimum Gasteiger partial charge on any atom is -0.495 e. The maximum absolute atomic E-state index is 11.8. The molecule has 0 atom stereocenters. The smallest absolute Gasteiger partial charge is 0.253 e. The Morgan fingerprint density at radius 3 is 2.56 bits per heavy atom. The van der Waals surface area contributed by atoms with Crippen molar-refractivity contribution in [2.24, 2.45) is 0 Å². The van der Waals surface area contributed by atoms with Gasteiger partial charge in [-0.3, -0.25) is 9.52 Å². The van der Waals surface area contributed by atoms with Crippen molar-refractivity contribution in [3.63, 3.8) is 0 Å². The predicted octanol–water partition coefficient (Wildman–Crippen LogP) is 0.816. The SMILES string of the molecule is CCNC(=O)c1cccc(OC)c1NS(C)(=O)=O. The summed E-state index contributed by atoms with van der Waals surface area (Å²) in [4.78, 5) is 11.8. The number of methoxy groups -OCH3 is 1. The van der Waals surface area contributed by atoms with Crippen LogP contribution >= 0.6 is 0 Å². The Morgan fingerprint density at radius 2 is 2.06 bits per heavy atom. The first-order valence-corrected chi connectivity index (χ1v) is 7.21. The molecule has 0 bridgehead atoms. The van der Waals surface area contributed by atoms with Gasteiger partial charge < -0.3 is 10.1 Å². The molecule has 0 radical (unpaired) electrons. The van der Waals surface area contributed by atoms with Crippen LogP contribution in [-0.4, -0.2) is 34.2 Å². The van der Waals surface area contributed by atoms with Crippen LogP contribution in [0.15, 0.2) is 18.2 Å². The number of anilines is 1. The molecule has 0 fully saturated rings. The maximum atomic E-state index is 11.8. The van der Waals surface area contributed by atoms with Crippen LogP contribution in [0.25, 0.3) is 0 Å². The summed E-state index contributed by atoms with van der Waals surface area (Å²) < 4.78 is 30.0. The summed E-state index contributed by atoms with van der Waals surface area (Å²) in [5.41, 5.74) is 0.370. The topological polar surface area (TPSA) is 84.5 Å². The zero-order valence-corrected chi connectivity index (χ0v) is 11.3. The van der Waals surface area contributed by atoms with Gasteiger partial charge in [0.1, 0.15) is 11.4 Å². The third-order valence-electron chi connectivity index (χ3n) is 2.12. The molecule has 0 aliphatic rings. The van der Waals surface area contributed by atoms with E-state index in [1.807, 2.05) is 0 Å². The predicted molar refractivity (Wildman–Crippen MR) is 69.5 cm³/mol. The molecular formula is C11H16N2O4S. The van der Waals surface area contributed by atoms with E-state index in [9.17, 15) is 13.2 Å². The molecule has 18 heavy (non-hydrogen) atoms. The van der Waals surface area contributed by atoms with Crippen molar-refractivity contribution in [1.29, 1.82) is 0 Å². The monoisotopic (exact) mass is 272 g/mol. The van der Waals surface area contributed by atoms with Gasteiger partial charge in [-0.1, -0.05) is 6.07 Å². The maximum Gasteiger partial charge on any atom is 0.253 e. The van der Waals surface area contributed by atoms with Crippen LogP contribution in [0.4, 0.5) is 5.69 Å². The van der Waals surface area contributed by atoms with Gasteiger partial charge in [0, 0.05) is 6.54 Å². The van der Waals surface area contributed by atoms with Crippen molar-refractivity contribution < 1.29 is 17.9 Å². The van der Waals surface area contributed by atoms with Crippen molar-refractivity contribution in [2.45, 2.75) is 6.92 Å². The lowest BCUT2D eigenvalue weighted by Crippen LogP contribution is -2.24. The van der Waals surface area contributed by atoms with Crippen LogP contribution in [0.1, 0.15) is 17.3 Å². The van der Waals surface area contributed by atoms with Gasteiger partial charge in [-0.25, -0.2) is 8.42 Å². The molecule has 0 aromatic heterocycles. The van der Waals surface area contributed by atoms with Gasteiger partial charge in [0.05, 0.1) is 18.9 Å². The molecular weight excluding hydrogens is 256 g/mol. The molecule has 0 saturated heterocycles. The lowest BCUT2D eigenvalue weighted by atomic mass is 10.1. The lowest BCUT2D eigenvalue weighted by Gasteiger charge is -2.14. The van der Waals surface area contributed by atoms with Crippen LogP contribution in [0.2, 0.25) is 0 Å². The minimum atomic E-state index is -3.49. The average Bonchev–Trinajstić information content (AvgIpc) is 2.27. The fourth-order valence-corrected chi connectivity index (χ4v) is 2.02. The van der Waals surface area contributed by atoms with Gasteiger partial charge in [-0.15, -0.1) is 0 Å². The zero-order valence-electron chi connectivity index (χ0n) is 10.5. The van der Waals surface area contributed by atoms with Crippen LogP contribution in [0.5, 0.6) is 5.75 Å². The van der Waals surface area contributed by atoms with Crippen molar-refractivity contribution in [1.82, 2.24) is 5.32 Å². The number of rotatable bonds is 5. The number of nitrogens with one attached hydrogen (secondary N) is 2. The quantitative estimate of drug-likeness (QED) is 0.831. The molecule has 1 aromatic rings. The normalized spacial score (nSPS) is 10.8. The molecule has 0 heterocycles. The summed E-state index contributed by atoms with van der Waals surface area (Å²) >= 11 is 0. The summed E-state index contributed by atoms with van der Waals surface area (Å²) in [6, 6.07) is 4.73. The fraction of sp³-hybridized carbons (Fsp3) is 0.364. The minimum absolute atomic E-state index is 0.147. The number of carbonyl (C=O) groups is 1. The summed E-state index contributed by atoms with van der Waals surface area (Å²) in [6.45, 7) is 2.23. The Labute approximate surface area is 106 Å². The highest BCUT2D eigenvalue weighted by atomic mass is 32.2. The number of carbonyl (C=O) groups excluding carboxylic acids is 1. The third kappa shape index (κ3) is 3.63. The Balaban J connectivity index is 3.29. The van der Waals surface area contributed by atoms with Gasteiger partial charge in [-0.2, -0.15) is 0 Å². The number of sulfonamides is 1. The molecule has 0 unspecified atom stereocenters. The van der Waals surface area contributed by atoms with Crippen LogP contribution < -0.4 is 14.8 Å². The molecule has 100 valence electrons. The van der Waals surface area contributed by atoms with E-state index in [0.29, 0.717) is 12.3 Å². The van der Waals surface area contributed by atoms with Crippen LogP contribution in [-0.2, 0) is 10.0 Å². The molecule has 0 aliphatic carbocycles. The van der Waals surface area contributed by atoms with E-state index in [2.05, 4.69) is 10.0 Å². The molecule has 1 rings (SSSR count). The molecule has 7 heteroatoms. The number of hydrogen-bond donors (Lipinski definition) is 2. The van der Waals surface area contributed by atoms with E-state index < -0.39 is 10.0 Å². The fourth-order valence-electron chi connectivity index (χ4n) is 1.44. The summed E-state index contributed by atoms with van der Waals surface area (Å²) in [6.07, 6.45) is 1.01. The van der Waals surface area contributed by atoms with E-state index in [1.54, 1.807) is 19.1 Å². The Kier molecular flexibility index (Phi) is 4.55. The van der Waals surface area contributed by atoms with Crippen molar-refractivity contribution >= 4 is 21.6 Å². The summed E-state index contributed by atoms with van der Waals surface area (Å²) in [7, 11) is -2.08. The average molecular weight is 272 g/mol. The second kappa shape index (κ2) is 5.72. The first-order chi connectivity index (χ1) is 8.39. The largest absolute Gasteiger partial charge is 0.495 e. The number of para-hydroxylation sites is 1. The molecule has 0 aliphatic heterocycles. The van der Waals surface area contributed by atoms with Crippen LogP contribution in [0, 0.1) is 0 Å². The second-order valence-electron chi connectivity index (χ2n) is 3.62. The number of amides is 1. The number of benzene rings is 1. The van der Waals surface area contributed by atoms with Gasteiger partial charge in [0.25, 0.3) is 5.91 Å². The Hall–Kier alpha value is -1.76. The van der Waals surface area contributed by atoms with Gasteiger partial charge in [-0.05, 0) is 19.1 Å². The third-order valence-corrected chi connectivity index (χ3v) is 2.69. The highest BCUT2D eigenvalue weighted by Crippen LogP contribution is 2.29. The molecule has 0 spiro atoms. The van der Waals surface area contributed by atoms with E-state index in [0.717, 1.165) is 6.26 Å². The van der Waals surface area contributed by atoms with E-state index >= 15 is 0 Å². The van der Waals surface area contributed by atoms with Gasteiger partial charge in [0.15, 0.2) is 0 Å². The van der Waals surface area contributed by atoms with Crippen LogP contribution in [0.3, 0.4) is 0 Å². The molecule has 1 aromatic carbocycles. The second-order valence-corrected chi connectivity index (χ2v) is 5.36. The number of ether oxygens (including phenoxy) is 1. The first kappa shape index (κ1) is 14.3. The summed E-state index contributed by atoms with van der Waals surface area (Å²) in [5, 5.41) is 2.61. The lowest BCUT2D eigenvalue weighted by molar-refractivity contribution is 0.0956. The van der Waals surface area contributed by atoms with E-state index in [4.69, 9.17) is 4.74 Å². The van der Waals surface area contributed by atoms with E-state index in [1.165, 1.54) is 13.2 Å². The molecule has 2 N–H and O–H groups in total. The Bertz CT molecular complexity index is 540. The standard InChI is InChI=1S/C11H16N2O4S/c1-4-12-11(14)8-6-5-7-9(17-2)10(8)13-18(3,15)16/h5-7,13H,4H2,1-3H3,(H,12,14). The van der Waals surface area contributed by atoms with Crippen molar-refractivity contribution in [3.8, 4) is 5.75 Å². The van der Waals surface area contributed by atoms with Gasteiger partial charge >= 0.3 is 0 Å². The summed E-state index contributed by atoms with van der Waals surface area (Å²) in [5.74, 6) is -0.0632. The molecule has 1 amide bonds. The Morgan fingerprint density at radius 1 is 1.39 bits per heavy atom. The highest BCUT2D eigenvalue weighted by molar-refractivity contribution is 7.92. The van der Waals surface area contributed by atoms with E-state index in [-0.39, 0.29) is 17.2 Å². The molecule has 0 saturated carbocycles. The van der Waals surface area contributed by atoms with Gasteiger partial charge in [0.2, 0.25) is 10.0 Å². The number of hydrogen-bond acceptors (Lipinski definition) is 4. The van der Waals surface area contributed by atoms with Crippen molar-refractivity contribution in [2.75, 3.05) is 24.6 Å². The molecule has 6 nitrogen and oxygen atoms in total. The highest BCUT2D eigenvalue weighted by Gasteiger charge is 2.17. The van der Waals surface area contributed by atoms with Crippen molar-refractivity contribution in [3.05, 3.63) is 23.8 Å². The zero-order chi connectivity index (χ0) is 13.8.